The Bertz CT molecular complexity index is 602. The second-order valence-corrected chi connectivity index (χ2v) is 4.71. The van der Waals surface area contributed by atoms with Crippen LogP contribution in [0.3, 0.4) is 0 Å². The van der Waals surface area contributed by atoms with Crippen LogP contribution >= 0.6 is 28.1 Å². The third-order valence-electron chi connectivity index (χ3n) is 2.30. The highest BCUT2D eigenvalue weighted by atomic mass is 79.9. The van der Waals surface area contributed by atoms with Crippen molar-refractivity contribution >= 4 is 39.1 Å². The molecule has 1 N–H and O–H groups in total. The predicted octanol–water partition coefficient (Wildman–Crippen LogP) is 4.25. The van der Waals surface area contributed by atoms with Crippen molar-refractivity contribution in [3.63, 3.8) is 0 Å². The zero-order valence-corrected chi connectivity index (χ0v) is 10.7. The molecule has 0 radical (unpaired) electrons. The Balaban J connectivity index is 3.05. The van der Waals surface area contributed by atoms with E-state index in [1.807, 2.05) is 19.1 Å². The molecule has 0 aliphatic heterocycles. The van der Waals surface area contributed by atoms with E-state index in [2.05, 4.69) is 15.9 Å². The van der Waals surface area contributed by atoms with Crippen molar-refractivity contribution in [3.8, 4) is 5.75 Å². The van der Waals surface area contributed by atoms with Gasteiger partial charge in [-0.1, -0.05) is 0 Å². The Labute approximate surface area is 101 Å². The Kier molecular flexibility index (Phi) is 2.56. The van der Waals surface area contributed by atoms with Crippen LogP contribution in [0.5, 0.6) is 5.75 Å². The minimum Gasteiger partial charge on any atom is -0.507 e. The summed E-state index contributed by atoms with van der Waals surface area (Å²) in [6.45, 7) is 3.71. The SMILES string of the molecule is Cc1cc(Br)c2oc(=S)c(C)c(O)c2c1. The lowest BCUT2D eigenvalue weighted by Gasteiger charge is -2.06. The summed E-state index contributed by atoms with van der Waals surface area (Å²) < 4.78 is 6.60. The zero-order chi connectivity index (χ0) is 11.2. The molecule has 1 aromatic carbocycles. The monoisotopic (exact) mass is 284 g/mol. The molecule has 78 valence electrons. The predicted molar refractivity (Wildman–Crippen MR) is 65.9 cm³/mol. The molecule has 0 fully saturated rings. The Hall–Kier alpha value is -0.870. The molecule has 0 bridgehead atoms. The second-order valence-electron chi connectivity index (χ2n) is 3.49. The largest absolute Gasteiger partial charge is 0.507 e. The first-order chi connectivity index (χ1) is 7.00. The third-order valence-corrected chi connectivity index (χ3v) is 3.28. The molecule has 1 aromatic heterocycles. The topological polar surface area (TPSA) is 33.4 Å². The van der Waals surface area contributed by atoms with Gasteiger partial charge in [0.1, 0.15) is 5.75 Å². The number of aryl methyl sites for hydroxylation is 1. The molecule has 0 spiro atoms. The molecule has 0 unspecified atom stereocenters. The van der Waals surface area contributed by atoms with Gasteiger partial charge in [-0.25, -0.2) is 0 Å². The molecule has 2 nitrogen and oxygen atoms in total. The fraction of sp³-hybridized carbons (Fsp3) is 0.182. The van der Waals surface area contributed by atoms with Crippen LogP contribution in [-0.2, 0) is 0 Å². The number of hydrogen-bond acceptors (Lipinski definition) is 3. The molecule has 15 heavy (non-hydrogen) atoms. The third kappa shape index (κ3) is 1.68. The summed E-state index contributed by atoms with van der Waals surface area (Å²) in [7, 11) is 0. The lowest BCUT2D eigenvalue weighted by atomic mass is 10.1. The highest BCUT2D eigenvalue weighted by molar-refractivity contribution is 9.10. The van der Waals surface area contributed by atoms with Gasteiger partial charge in [0.25, 0.3) is 0 Å². The number of benzene rings is 1. The highest BCUT2D eigenvalue weighted by Gasteiger charge is 2.10. The summed E-state index contributed by atoms with van der Waals surface area (Å²) in [4.78, 5) is 0. The van der Waals surface area contributed by atoms with Crippen LogP contribution in [0.25, 0.3) is 11.0 Å². The molecule has 4 heteroatoms. The second kappa shape index (κ2) is 3.61. The standard InChI is InChI=1S/C11H9BrO2S/c1-5-3-7-9(13)6(2)11(15)14-10(7)8(12)4-5/h3-4,13H,1-2H3. The normalized spacial score (nSPS) is 10.9. The number of halogens is 1. The lowest BCUT2D eigenvalue weighted by Crippen LogP contribution is -1.84. The maximum atomic E-state index is 9.94. The van der Waals surface area contributed by atoms with Crippen molar-refractivity contribution < 1.29 is 9.52 Å². The van der Waals surface area contributed by atoms with Gasteiger partial charge >= 0.3 is 0 Å². The maximum absolute atomic E-state index is 9.94. The Morgan fingerprint density at radius 3 is 2.67 bits per heavy atom. The molecule has 0 saturated carbocycles. The van der Waals surface area contributed by atoms with E-state index >= 15 is 0 Å². The average Bonchev–Trinajstić information content (AvgIpc) is 2.17. The van der Waals surface area contributed by atoms with Gasteiger partial charge in [0.2, 0.25) is 0 Å². The van der Waals surface area contributed by atoms with E-state index < -0.39 is 0 Å². The quantitative estimate of drug-likeness (QED) is 0.735. The molecule has 2 aromatic rings. The van der Waals surface area contributed by atoms with Gasteiger partial charge in [-0.15, -0.1) is 0 Å². The van der Waals surface area contributed by atoms with Gasteiger partial charge in [-0.05, 0) is 59.7 Å². The fourth-order valence-corrected chi connectivity index (χ4v) is 2.31. The number of rotatable bonds is 0. The van der Waals surface area contributed by atoms with E-state index in [1.165, 1.54) is 0 Å². The van der Waals surface area contributed by atoms with E-state index in [0.717, 1.165) is 10.0 Å². The molecule has 1 heterocycles. The fourth-order valence-electron chi connectivity index (χ4n) is 1.48. The van der Waals surface area contributed by atoms with Gasteiger partial charge in [0, 0.05) is 5.56 Å². The Morgan fingerprint density at radius 2 is 2.00 bits per heavy atom. The maximum Gasteiger partial charge on any atom is 0.197 e. The van der Waals surface area contributed by atoms with E-state index in [-0.39, 0.29) is 5.75 Å². The molecule has 2 rings (SSSR count). The average molecular weight is 285 g/mol. The van der Waals surface area contributed by atoms with E-state index in [9.17, 15) is 5.11 Å². The number of hydrogen-bond donors (Lipinski definition) is 1. The van der Waals surface area contributed by atoms with Crippen molar-refractivity contribution in [3.05, 3.63) is 32.4 Å². The summed E-state index contributed by atoms with van der Waals surface area (Å²) in [6.07, 6.45) is 0. The molecule has 0 amide bonds. The van der Waals surface area contributed by atoms with Gasteiger partial charge in [-0.3, -0.25) is 0 Å². The first kappa shape index (κ1) is 10.6. The van der Waals surface area contributed by atoms with Crippen LogP contribution in [0.2, 0.25) is 0 Å². The minimum atomic E-state index is 0.200. The van der Waals surface area contributed by atoms with Crippen LogP contribution in [0.15, 0.2) is 21.0 Å². The van der Waals surface area contributed by atoms with Crippen molar-refractivity contribution in [2.75, 3.05) is 0 Å². The van der Waals surface area contributed by atoms with Crippen molar-refractivity contribution in [1.82, 2.24) is 0 Å². The van der Waals surface area contributed by atoms with E-state index in [0.29, 0.717) is 21.2 Å². The van der Waals surface area contributed by atoms with Crippen LogP contribution < -0.4 is 0 Å². The molecule has 0 saturated heterocycles. The van der Waals surface area contributed by atoms with Crippen LogP contribution in [0, 0.1) is 18.6 Å². The van der Waals surface area contributed by atoms with Crippen molar-refractivity contribution in [2.45, 2.75) is 13.8 Å². The molecule has 0 aliphatic rings. The lowest BCUT2D eigenvalue weighted by molar-refractivity contribution is 0.465. The van der Waals surface area contributed by atoms with Gasteiger partial charge in [0.05, 0.1) is 9.86 Å². The first-order valence-electron chi connectivity index (χ1n) is 4.43. The van der Waals surface area contributed by atoms with Gasteiger partial charge < -0.3 is 9.52 Å². The van der Waals surface area contributed by atoms with Crippen LogP contribution in [-0.4, -0.2) is 5.11 Å². The van der Waals surface area contributed by atoms with E-state index in [1.54, 1.807) is 6.92 Å². The summed E-state index contributed by atoms with van der Waals surface area (Å²) >= 11 is 8.40. The zero-order valence-electron chi connectivity index (χ0n) is 8.30. The minimum absolute atomic E-state index is 0.200. The smallest absolute Gasteiger partial charge is 0.197 e. The molecular weight excluding hydrogens is 276 g/mol. The summed E-state index contributed by atoms with van der Waals surface area (Å²) in [6, 6.07) is 3.80. The molecule has 0 atom stereocenters. The summed E-state index contributed by atoms with van der Waals surface area (Å²) in [5, 5.41) is 10.6. The Morgan fingerprint density at radius 1 is 1.33 bits per heavy atom. The van der Waals surface area contributed by atoms with Gasteiger partial charge in [0.15, 0.2) is 10.3 Å². The summed E-state index contributed by atoms with van der Waals surface area (Å²) in [5.41, 5.74) is 2.25. The van der Waals surface area contributed by atoms with Crippen molar-refractivity contribution in [2.24, 2.45) is 0 Å². The van der Waals surface area contributed by atoms with Crippen LogP contribution in [0.4, 0.5) is 0 Å². The summed E-state index contributed by atoms with van der Waals surface area (Å²) in [5.74, 6) is 0.200. The highest BCUT2D eigenvalue weighted by Crippen LogP contribution is 2.34. The number of aromatic hydroxyl groups is 1. The van der Waals surface area contributed by atoms with Crippen molar-refractivity contribution in [1.29, 1.82) is 0 Å². The van der Waals surface area contributed by atoms with Crippen LogP contribution in [0.1, 0.15) is 11.1 Å². The first-order valence-corrected chi connectivity index (χ1v) is 5.63. The molecule has 0 aliphatic carbocycles. The molecular formula is C11H9BrO2S. The van der Waals surface area contributed by atoms with E-state index in [4.69, 9.17) is 16.6 Å². The van der Waals surface area contributed by atoms with Gasteiger partial charge in [-0.2, -0.15) is 0 Å². The number of fused-ring (bicyclic) bond motifs is 1.